The van der Waals surface area contributed by atoms with Gasteiger partial charge in [-0.1, -0.05) is 30.3 Å². The van der Waals surface area contributed by atoms with Crippen LogP contribution in [0.5, 0.6) is 0 Å². The van der Waals surface area contributed by atoms with E-state index in [1.54, 1.807) is 19.1 Å². The van der Waals surface area contributed by atoms with E-state index in [4.69, 9.17) is 9.84 Å². The zero-order valence-corrected chi connectivity index (χ0v) is 14.1. The monoisotopic (exact) mass is 339 g/mol. The first-order chi connectivity index (χ1) is 12.0. The van der Waals surface area contributed by atoms with Gasteiger partial charge in [0, 0.05) is 18.9 Å². The van der Waals surface area contributed by atoms with Gasteiger partial charge >= 0.3 is 5.97 Å². The van der Waals surface area contributed by atoms with E-state index in [2.05, 4.69) is 5.32 Å². The van der Waals surface area contributed by atoms with Crippen molar-refractivity contribution in [3.8, 4) is 0 Å². The molecule has 0 spiro atoms. The number of hydrogen-bond acceptors (Lipinski definition) is 3. The average Bonchev–Trinajstić information content (AvgIpc) is 2.62. The molecule has 25 heavy (non-hydrogen) atoms. The minimum Gasteiger partial charge on any atom is -0.478 e. The van der Waals surface area contributed by atoms with E-state index in [1.165, 1.54) is 6.07 Å². The van der Waals surface area contributed by atoms with Gasteiger partial charge in [0.05, 0.1) is 11.0 Å². The van der Waals surface area contributed by atoms with Crippen LogP contribution in [0, 0.1) is 6.92 Å². The Morgan fingerprint density at radius 1 is 1.08 bits per heavy atom. The highest BCUT2D eigenvalue weighted by Crippen LogP contribution is 2.36. The third-order valence-corrected chi connectivity index (χ3v) is 4.82. The Morgan fingerprint density at radius 3 is 2.36 bits per heavy atom. The second kappa shape index (κ2) is 7.07. The summed E-state index contributed by atoms with van der Waals surface area (Å²) in [6.07, 6.45) is 1.24. The molecule has 5 heteroatoms. The van der Waals surface area contributed by atoms with E-state index in [-0.39, 0.29) is 11.5 Å². The summed E-state index contributed by atoms with van der Waals surface area (Å²) in [4.78, 5) is 24.3. The van der Waals surface area contributed by atoms with Crippen LogP contribution >= 0.6 is 0 Å². The van der Waals surface area contributed by atoms with Crippen molar-refractivity contribution in [1.29, 1.82) is 0 Å². The minimum absolute atomic E-state index is 0.0792. The molecule has 130 valence electrons. The lowest BCUT2D eigenvalue weighted by Crippen LogP contribution is -2.44. The van der Waals surface area contributed by atoms with Gasteiger partial charge in [0.15, 0.2) is 0 Å². The number of nitrogens with one attached hydrogen (secondary N) is 1. The summed E-state index contributed by atoms with van der Waals surface area (Å²) in [5.74, 6) is -1.05. The molecule has 3 rings (SSSR count). The number of aromatic carboxylic acids is 1. The van der Waals surface area contributed by atoms with E-state index in [0.717, 1.165) is 5.56 Å². The Kier molecular flexibility index (Phi) is 4.86. The van der Waals surface area contributed by atoms with E-state index in [0.29, 0.717) is 37.3 Å². The summed E-state index contributed by atoms with van der Waals surface area (Å²) in [6.45, 7) is 2.80. The van der Waals surface area contributed by atoms with Crippen LogP contribution in [0.1, 0.15) is 34.3 Å². The van der Waals surface area contributed by atoms with Crippen LogP contribution in [0.4, 0.5) is 5.69 Å². The van der Waals surface area contributed by atoms with E-state index in [9.17, 15) is 9.59 Å². The summed E-state index contributed by atoms with van der Waals surface area (Å²) >= 11 is 0. The second-order valence-corrected chi connectivity index (χ2v) is 6.35. The molecule has 0 aliphatic carbocycles. The number of carboxylic acid groups (broad SMARTS) is 1. The largest absolute Gasteiger partial charge is 0.478 e. The highest BCUT2D eigenvalue weighted by molar-refractivity contribution is 6.00. The molecule has 2 aromatic carbocycles. The van der Waals surface area contributed by atoms with Crippen molar-refractivity contribution in [1.82, 2.24) is 0 Å². The molecule has 2 aromatic rings. The van der Waals surface area contributed by atoms with Crippen molar-refractivity contribution in [2.75, 3.05) is 18.5 Å². The third-order valence-electron chi connectivity index (χ3n) is 4.82. The lowest BCUT2D eigenvalue weighted by molar-refractivity contribution is -0.125. The van der Waals surface area contributed by atoms with Crippen LogP contribution in [0.3, 0.4) is 0 Å². The Bertz CT molecular complexity index is 780. The minimum atomic E-state index is -0.972. The number of carbonyl (C=O) groups excluding carboxylic acids is 1. The maximum absolute atomic E-state index is 13.1. The molecule has 0 atom stereocenters. The first-order valence-corrected chi connectivity index (χ1v) is 8.32. The molecular weight excluding hydrogens is 318 g/mol. The van der Waals surface area contributed by atoms with Crippen molar-refractivity contribution in [2.24, 2.45) is 0 Å². The zero-order valence-electron chi connectivity index (χ0n) is 14.1. The summed E-state index contributed by atoms with van der Waals surface area (Å²) in [7, 11) is 0. The maximum atomic E-state index is 13.1. The predicted molar refractivity (Wildman–Crippen MR) is 94.9 cm³/mol. The smallest absolute Gasteiger partial charge is 0.335 e. The molecule has 1 heterocycles. The van der Waals surface area contributed by atoms with Crippen LogP contribution in [0.15, 0.2) is 48.5 Å². The van der Waals surface area contributed by atoms with Crippen LogP contribution < -0.4 is 5.32 Å². The number of hydrogen-bond donors (Lipinski definition) is 2. The number of ether oxygens (including phenoxy) is 1. The van der Waals surface area contributed by atoms with Gasteiger partial charge in [0.2, 0.25) is 5.91 Å². The average molecular weight is 339 g/mol. The summed E-state index contributed by atoms with van der Waals surface area (Å²) < 4.78 is 5.46. The fraction of sp³-hybridized carbons (Fsp3) is 0.300. The molecule has 0 saturated carbocycles. The topological polar surface area (TPSA) is 75.6 Å². The highest BCUT2D eigenvalue weighted by Gasteiger charge is 2.41. The Labute approximate surface area is 146 Å². The first-order valence-electron chi connectivity index (χ1n) is 8.32. The van der Waals surface area contributed by atoms with Gasteiger partial charge in [-0.15, -0.1) is 0 Å². The number of carbonyl (C=O) groups is 2. The molecular formula is C20H21NO4. The molecule has 1 amide bonds. The van der Waals surface area contributed by atoms with Gasteiger partial charge in [-0.05, 0) is 49.1 Å². The fourth-order valence-electron chi connectivity index (χ4n) is 3.36. The molecule has 1 aliphatic rings. The van der Waals surface area contributed by atoms with Gasteiger partial charge in [0.25, 0.3) is 0 Å². The molecule has 0 unspecified atom stereocenters. The first kappa shape index (κ1) is 17.2. The lowest BCUT2D eigenvalue weighted by atomic mass is 9.73. The van der Waals surface area contributed by atoms with Crippen molar-refractivity contribution in [2.45, 2.75) is 25.2 Å². The molecule has 1 saturated heterocycles. The van der Waals surface area contributed by atoms with Crippen molar-refractivity contribution < 1.29 is 19.4 Å². The third kappa shape index (κ3) is 3.42. The normalized spacial score (nSPS) is 16.2. The van der Waals surface area contributed by atoms with Crippen molar-refractivity contribution >= 4 is 17.6 Å². The number of benzene rings is 2. The van der Waals surface area contributed by atoms with Gasteiger partial charge in [-0.25, -0.2) is 4.79 Å². The maximum Gasteiger partial charge on any atom is 0.335 e. The molecule has 0 radical (unpaired) electrons. The summed E-state index contributed by atoms with van der Waals surface area (Å²) in [5.41, 5.74) is 1.82. The Hall–Kier alpha value is -2.66. The van der Waals surface area contributed by atoms with Crippen LogP contribution in [0.2, 0.25) is 0 Å². The number of amides is 1. The Morgan fingerprint density at radius 2 is 1.76 bits per heavy atom. The van der Waals surface area contributed by atoms with E-state index < -0.39 is 11.4 Å². The molecule has 1 aliphatic heterocycles. The van der Waals surface area contributed by atoms with Gasteiger partial charge in [-0.3, -0.25) is 4.79 Å². The van der Waals surface area contributed by atoms with Crippen LogP contribution in [-0.4, -0.2) is 30.2 Å². The van der Waals surface area contributed by atoms with E-state index in [1.807, 2.05) is 30.3 Å². The standard InChI is InChI=1S/C20H21NO4/c1-14-13-16(7-8-17(14)18(22)23)21-19(24)20(9-11-25-12-10-20)15-5-3-2-4-6-15/h2-8,13H,9-12H2,1H3,(H,21,24)(H,22,23). The fourth-order valence-corrected chi connectivity index (χ4v) is 3.36. The van der Waals surface area contributed by atoms with Crippen molar-refractivity contribution in [3.05, 3.63) is 65.2 Å². The van der Waals surface area contributed by atoms with Gasteiger partial charge in [-0.2, -0.15) is 0 Å². The number of rotatable bonds is 4. The summed E-state index contributed by atoms with van der Waals surface area (Å²) in [6, 6.07) is 14.6. The molecule has 0 aromatic heterocycles. The molecule has 1 fully saturated rings. The highest BCUT2D eigenvalue weighted by atomic mass is 16.5. The molecule has 2 N–H and O–H groups in total. The lowest BCUT2D eigenvalue weighted by Gasteiger charge is -2.36. The molecule has 5 nitrogen and oxygen atoms in total. The number of carboxylic acids is 1. The number of anilines is 1. The quantitative estimate of drug-likeness (QED) is 0.895. The van der Waals surface area contributed by atoms with Gasteiger partial charge in [0.1, 0.15) is 0 Å². The summed E-state index contributed by atoms with van der Waals surface area (Å²) in [5, 5.41) is 12.1. The Balaban J connectivity index is 1.89. The second-order valence-electron chi connectivity index (χ2n) is 6.35. The predicted octanol–water partition coefficient (Wildman–Crippen LogP) is 3.38. The van der Waals surface area contributed by atoms with E-state index >= 15 is 0 Å². The zero-order chi connectivity index (χ0) is 17.9. The van der Waals surface area contributed by atoms with Crippen LogP contribution in [-0.2, 0) is 14.9 Å². The van der Waals surface area contributed by atoms with Crippen molar-refractivity contribution in [3.63, 3.8) is 0 Å². The van der Waals surface area contributed by atoms with Gasteiger partial charge < -0.3 is 15.2 Å². The SMILES string of the molecule is Cc1cc(NC(=O)C2(c3ccccc3)CCOCC2)ccc1C(=O)O. The number of aryl methyl sites for hydroxylation is 1. The molecule has 0 bridgehead atoms. The van der Waals surface area contributed by atoms with Crippen LogP contribution in [0.25, 0.3) is 0 Å².